The minimum atomic E-state index is 0.0256. The quantitative estimate of drug-likeness (QED) is 0.727. The average molecular weight is 396 g/mol. The fourth-order valence-corrected chi connectivity index (χ4v) is 4.25. The van der Waals surface area contributed by atoms with Gasteiger partial charge in [0, 0.05) is 44.2 Å². The lowest BCUT2D eigenvalue weighted by Gasteiger charge is -2.36. The maximum Gasteiger partial charge on any atom is 0.317 e. The number of hydrogen-bond acceptors (Lipinski definition) is 6. The molecule has 9 heteroatoms. The van der Waals surface area contributed by atoms with Crippen molar-refractivity contribution in [2.75, 3.05) is 37.7 Å². The summed E-state index contributed by atoms with van der Waals surface area (Å²) in [6, 6.07) is 6.04. The van der Waals surface area contributed by atoms with E-state index in [2.05, 4.69) is 20.4 Å². The molecule has 5 rings (SSSR count). The number of nitrogens with zero attached hydrogens (tertiary/aromatic N) is 5. The van der Waals surface area contributed by atoms with Gasteiger partial charge >= 0.3 is 6.03 Å². The first kappa shape index (κ1) is 17.8. The Morgan fingerprint density at radius 2 is 2.17 bits per heavy atom. The summed E-state index contributed by atoms with van der Waals surface area (Å²) in [5.74, 6) is 3.02. The van der Waals surface area contributed by atoms with Crippen molar-refractivity contribution in [2.45, 2.75) is 19.9 Å². The molecule has 9 nitrogen and oxygen atoms in total. The van der Waals surface area contributed by atoms with E-state index in [0.717, 1.165) is 41.3 Å². The zero-order chi connectivity index (χ0) is 20.1. The van der Waals surface area contributed by atoms with E-state index in [-0.39, 0.29) is 12.1 Å². The highest BCUT2D eigenvalue weighted by Gasteiger charge is 2.37. The van der Waals surface area contributed by atoms with Gasteiger partial charge in [0.2, 0.25) is 11.8 Å². The number of nitrogens with one attached hydrogen (secondary N) is 1. The largest absolute Gasteiger partial charge is 0.494 e. The molecular weight excluding hydrogens is 372 g/mol. The Morgan fingerprint density at radius 3 is 3.00 bits per heavy atom. The number of furan rings is 1. The number of aryl methyl sites for hydroxylation is 1. The van der Waals surface area contributed by atoms with E-state index in [1.54, 1.807) is 0 Å². The number of benzene rings is 1. The van der Waals surface area contributed by atoms with Crippen LogP contribution in [-0.2, 0) is 7.05 Å². The molecule has 2 fully saturated rings. The molecule has 0 saturated carbocycles. The van der Waals surface area contributed by atoms with Crippen molar-refractivity contribution < 1.29 is 13.9 Å². The molecule has 0 radical (unpaired) electrons. The molecule has 2 amide bonds. The van der Waals surface area contributed by atoms with E-state index in [1.165, 1.54) is 0 Å². The first-order valence-electron chi connectivity index (χ1n) is 9.92. The van der Waals surface area contributed by atoms with Gasteiger partial charge in [0.15, 0.2) is 5.76 Å². The van der Waals surface area contributed by atoms with E-state index in [9.17, 15) is 4.79 Å². The summed E-state index contributed by atoms with van der Waals surface area (Å²) in [7, 11) is 1.95. The smallest absolute Gasteiger partial charge is 0.317 e. The van der Waals surface area contributed by atoms with Crippen molar-refractivity contribution in [3.63, 3.8) is 0 Å². The second-order valence-corrected chi connectivity index (χ2v) is 7.51. The lowest BCUT2D eigenvalue weighted by Crippen LogP contribution is -2.52. The molecule has 2 aliphatic heterocycles. The van der Waals surface area contributed by atoms with E-state index in [1.807, 2.05) is 48.6 Å². The van der Waals surface area contributed by atoms with E-state index < -0.39 is 0 Å². The predicted molar refractivity (Wildman–Crippen MR) is 108 cm³/mol. The number of anilines is 1. The van der Waals surface area contributed by atoms with E-state index in [4.69, 9.17) is 9.15 Å². The summed E-state index contributed by atoms with van der Waals surface area (Å²) < 4.78 is 13.7. The highest BCUT2D eigenvalue weighted by molar-refractivity contribution is 5.87. The van der Waals surface area contributed by atoms with Crippen LogP contribution in [0.15, 0.2) is 22.6 Å². The standard InChI is InChI=1S/C20H24N6O3/c1-4-28-14-5-6-16-15(9-14)12(2)17(29-16)18-22-23-19(24(18)3)25-7-8-26-13(11-25)10-21-20(26)27/h5-6,9,13H,4,7-8,10-11H2,1-3H3,(H,21,27). The molecule has 152 valence electrons. The van der Waals surface area contributed by atoms with Gasteiger partial charge in [0.25, 0.3) is 0 Å². The Bertz CT molecular complexity index is 1090. The topological polar surface area (TPSA) is 88.7 Å². The Kier molecular flexibility index (Phi) is 4.11. The van der Waals surface area contributed by atoms with Gasteiger partial charge in [0.1, 0.15) is 11.3 Å². The number of rotatable bonds is 4. The molecule has 2 aromatic heterocycles. The number of ether oxygens (including phenoxy) is 1. The fourth-order valence-electron chi connectivity index (χ4n) is 4.25. The molecule has 2 saturated heterocycles. The van der Waals surface area contributed by atoms with Crippen LogP contribution in [0.5, 0.6) is 5.75 Å². The SMILES string of the molecule is CCOc1ccc2oc(-c3nnc(N4CCN5C(=O)NCC5C4)n3C)c(C)c2c1. The van der Waals surface area contributed by atoms with Crippen molar-refractivity contribution in [1.29, 1.82) is 0 Å². The minimum absolute atomic E-state index is 0.0256. The Morgan fingerprint density at radius 1 is 1.31 bits per heavy atom. The van der Waals surface area contributed by atoms with Crippen LogP contribution in [-0.4, -0.2) is 64.5 Å². The molecule has 1 unspecified atom stereocenters. The van der Waals surface area contributed by atoms with Gasteiger partial charge in [-0.05, 0) is 32.0 Å². The van der Waals surface area contributed by atoms with Crippen LogP contribution in [0, 0.1) is 6.92 Å². The van der Waals surface area contributed by atoms with Gasteiger partial charge in [-0.15, -0.1) is 10.2 Å². The van der Waals surface area contributed by atoms with Gasteiger partial charge in [-0.2, -0.15) is 0 Å². The summed E-state index contributed by atoms with van der Waals surface area (Å²) in [6.45, 7) is 7.44. The molecule has 1 aromatic carbocycles. The lowest BCUT2D eigenvalue weighted by molar-refractivity contribution is 0.197. The molecule has 29 heavy (non-hydrogen) atoms. The van der Waals surface area contributed by atoms with Crippen LogP contribution < -0.4 is 15.0 Å². The first-order chi connectivity index (χ1) is 14.1. The highest BCUT2D eigenvalue weighted by Crippen LogP contribution is 2.35. The van der Waals surface area contributed by atoms with Crippen molar-refractivity contribution in [3.8, 4) is 17.3 Å². The normalized spacial score (nSPS) is 19.0. The number of fused-ring (bicyclic) bond motifs is 2. The van der Waals surface area contributed by atoms with Gasteiger partial charge < -0.3 is 24.3 Å². The molecule has 0 spiro atoms. The van der Waals surface area contributed by atoms with Crippen molar-refractivity contribution >= 4 is 22.9 Å². The zero-order valence-corrected chi connectivity index (χ0v) is 16.8. The Labute approximate surface area is 168 Å². The van der Waals surface area contributed by atoms with Gasteiger partial charge in [-0.1, -0.05) is 0 Å². The van der Waals surface area contributed by atoms with Crippen molar-refractivity contribution in [2.24, 2.45) is 7.05 Å². The van der Waals surface area contributed by atoms with Crippen LogP contribution in [0.1, 0.15) is 12.5 Å². The van der Waals surface area contributed by atoms with Crippen molar-refractivity contribution in [1.82, 2.24) is 25.0 Å². The average Bonchev–Trinajstić information content (AvgIpc) is 3.38. The first-order valence-corrected chi connectivity index (χ1v) is 9.92. The lowest BCUT2D eigenvalue weighted by atomic mass is 10.1. The van der Waals surface area contributed by atoms with Crippen LogP contribution in [0.25, 0.3) is 22.6 Å². The number of carbonyl (C=O) groups is 1. The molecule has 3 aromatic rings. The van der Waals surface area contributed by atoms with E-state index >= 15 is 0 Å². The molecule has 1 N–H and O–H groups in total. The zero-order valence-electron chi connectivity index (χ0n) is 16.8. The number of aromatic nitrogens is 3. The maximum atomic E-state index is 11.8. The monoisotopic (exact) mass is 396 g/mol. The Balaban J connectivity index is 1.47. The highest BCUT2D eigenvalue weighted by atomic mass is 16.5. The second kappa shape index (κ2) is 6.68. The molecule has 0 bridgehead atoms. The fraction of sp³-hybridized carbons (Fsp3) is 0.450. The Hall–Kier alpha value is -3.23. The van der Waals surface area contributed by atoms with Crippen LogP contribution in [0.3, 0.4) is 0 Å². The number of amides is 2. The number of urea groups is 1. The molecule has 4 heterocycles. The summed E-state index contributed by atoms with van der Waals surface area (Å²) in [5, 5.41) is 12.8. The maximum absolute atomic E-state index is 11.8. The third-order valence-electron chi connectivity index (χ3n) is 5.79. The molecule has 0 aliphatic carbocycles. The number of carbonyl (C=O) groups excluding carboxylic acids is 1. The number of hydrogen-bond donors (Lipinski definition) is 1. The molecule has 1 atom stereocenters. The second-order valence-electron chi connectivity index (χ2n) is 7.51. The predicted octanol–water partition coefficient (Wildman–Crippen LogP) is 2.15. The van der Waals surface area contributed by atoms with Crippen LogP contribution >= 0.6 is 0 Å². The van der Waals surface area contributed by atoms with Crippen LogP contribution in [0.2, 0.25) is 0 Å². The summed E-state index contributed by atoms with van der Waals surface area (Å²) in [4.78, 5) is 15.9. The third-order valence-corrected chi connectivity index (χ3v) is 5.79. The third kappa shape index (κ3) is 2.80. The van der Waals surface area contributed by atoms with Gasteiger partial charge in [0.05, 0.1) is 12.6 Å². The molecular formula is C20H24N6O3. The van der Waals surface area contributed by atoms with Crippen molar-refractivity contribution in [3.05, 3.63) is 23.8 Å². The molecule has 2 aliphatic rings. The minimum Gasteiger partial charge on any atom is -0.494 e. The summed E-state index contributed by atoms with van der Waals surface area (Å²) in [5.41, 5.74) is 1.81. The number of piperazine rings is 1. The van der Waals surface area contributed by atoms with Gasteiger partial charge in [-0.3, -0.25) is 4.57 Å². The van der Waals surface area contributed by atoms with Gasteiger partial charge in [-0.25, -0.2) is 4.79 Å². The summed E-state index contributed by atoms with van der Waals surface area (Å²) >= 11 is 0. The van der Waals surface area contributed by atoms with E-state index in [0.29, 0.717) is 31.3 Å². The van der Waals surface area contributed by atoms with Crippen LogP contribution in [0.4, 0.5) is 10.7 Å². The summed E-state index contributed by atoms with van der Waals surface area (Å²) in [6.07, 6.45) is 0.